The summed E-state index contributed by atoms with van der Waals surface area (Å²) in [5.41, 5.74) is -0.253. The number of carboxylic acids is 1. The maximum atomic E-state index is 12.3. The van der Waals surface area contributed by atoms with Crippen LogP contribution < -0.4 is 10.6 Å². The van der Waals surface area contributed by atoms with E-state index in [-0.39, 0.29) is 36.2 Å². The number of nitrogens with one attached hydrogen (secondary N) is 2. The van der Waals surface area contributed by atoms with Crippen LogP contribution in [0.15, 0.2) is 17.5 Å². The summed E-state index contributed by atoms with van der Waals surface area (Å²) in [7, 11) is 0. The van der Waals surface area contributed by atoms with Crippen LogP contribution in [0.5, 0.6) is 0 Å². The summed E-state index contributed by atoms with van der Waals surface area (Å²) >= 11 is 1.48. The van der Waals surface area contributed by atoms with Crippen molar-refractivity contribution in [2.24, 2.45) is 5.92 Å². The van der Waals surface area contributed by atoms with Crippen molar-refractivity contribution in [1.29, 1.82) is 0 Å². The molecule has 0 bridgehead atoms. The molecule has 1 aromatic heterocycles. The van der Waals surface area contributed by atoms with Gasteiger partial charge in [-0.25, -0.2) is 4.79 Å². The highest BCUT2D eigenvalue weighted by Gasteiger charge is 2.26. The Labute approximate surface area is 170 Å². The highest BCUT2D eigenvalue weighted by molar-refractivity contribution is 7.10. The van der Waals surface area contributed by atoms with Gasteiger partial charge in [-0.15, -0.1) is 11.3 Å². The van der Waals surface area contributed by atoms with Crippen molar-refractivity contribution >= 4 is 29.2 Å². The van der Waals surface area contributed by atoms with Gasteiger partial charge in [-0.05, 0) is 51.0 Å². The maximum absolute atomic E-state index is 12.3. The Balaban J connectivity index is 1.74. The monoisotopic (exact) mass is 409 g/mol. The topological polar surface area (TPSA) is 98.7 Å². The van der Waals surface area contributed by atoms with Crippen molar-refractivity contribution in [3.8, 4) is 0 Å². The molecule has 1 unspecified atom stereocenters. The number of piperidine rings is 1. The van der Waals surface area contributed by atoms with Gasteiger partial charge in [0.15, 0.2) is 0 Å². The second-order valence-electron chi connectivity index (χ2n) is 8.43. The maximum Gasteiger partial charge on any atom is 0.317 e. The highest BCUT2D eigenvalue weighted by Crippen LogP contribution is 2.27. The summed E-state index contributed by atoms with van der Waals surface area (Å²) in [4.78, 5) is 38.4. The fourth-order valence-electron chi connectivity index (χ4n) is 3.30. The minimum absolute atomic E-state index is 0.0394. The van der Waals surface area contributed by atoms with Crippen LogP contribution in [0.1, 0.15) is 57.2 Å². The molecule has 0 radical (unpaired) electrons. The smallest absolute Gasteiger partial charge is 0.317 e. The van der Waals surface area contributed by atoms with Crippen molar-refractivity contribution in [3.63, 3.8) is 0 Å². The van der Waals surface area contributed by atoms with Gasteiger partial charge in [-0.1, -0.05) is 6.07 Å². The summed E-state index contributed by atoms with van der Waals surface area (Å²) in [6.07, 6.45) is 1.83. The number of rotatable bonds is 7. The van der Waals surface area contributed by atoms with E-state index in [0.29, 0.717) is 25.6 Å². The number of carboxylic acid groups (broad SMARTS) is 1. The molecule has 1 fully saturated rings. The normalized spacial score (nSPS) is 16.5. The minimum Gasteiger partial charge on any atom is -0.481 e. The molecule has 3 N–H and O–H groups in total. The number of urea groups is 1. The number of hydrogen-bond acceptors (Lipinski definition) is 4. The third kappa shape index (κ3) is 7.50. The fourth-order valence-corrected chi connectivity index (χ4v) is 4.13. The average molecular weight is 410 g/mol. The third-order valence-corrected chi connectivity index (χ3v) is 5.80. The van der Waals surface area contributed by atoms with E-state index in [2.05, 4.69) is 10.6 Å². The van der Waals surface area contributed by atoms with Gasteiger partial charge in [0, 0.05) is 42.4 Å². The number of amides is 3. The Kier molecular flexibility index (Phi) is 7.86. The summed E-state index contributed by atoms with van der Waals surface area (Å²) in [6.45, 7) is 7.80. The Bertz CT molecular complexity index is 661. The zero-order valence-electron chi connectivity index (χ0n) is 16.9. The molecule has 156 valence electrons. The van der Waals surface area contributed by atoms with Crippen LogP contribution in [0.25, 0.3) is 0 Å². The molecule has 0 aromatic carbocycles. The second kappa shape index (κ2) is 9.91. The van der Waals surface area contributed by atoms with Crippen molar-refractivity contribution < 1.29 is 19.5 Å². The molecule has 3 amide bonds. The molecule has 1 aliphatic heterocycles. The molecule has 1 atom stereocenters. The molecule has 0 saturated carbocycles. The van der Waals surface area contributed by atoms with E-state index in [1.54, 1.807) is 0 Å². The molecule has 1 aromatic rings. The van der Waals surface area contributed by atoms with Gasteiger partial charge in [-0.3, -0.25) is 9.59 Å². The van der Waals surface area contributed by atoms with Gasteiger partial charge in [0.05, 0.1) is 6.42 Å². The predicted octanol–water partition coefficient (Wildman–Crippen LogP) is 3.03. The minimum atomic E-state index is -0.896. The van der Waals surface area contributed by atoms with Crippen LogP contribution in [0, 0.1) is 5.92 Å². The lowest BCUT2D eigenvalue weighted by molar-refractivity contribution is -0.137. The first kappa shape index (κ1) is 22.2. The van der Waals surface area contributed by atoms with Gasteiger partial charge in [0.1, 0.15) is 0 Å². The van der Waals surface area contributed by atoms with Crippen LogP contribution in [0.4, 0.5) is 4.79 Å². The number of hydrogen-bond donors (Lipinski definition) is 3. The molecule has 1 aliphatic rings. The van der Waals surface area contributed by atoms with Crippen molar-refractivity contribution in [2.45, 2.75) is 57.9 Å². The Morgan fingerprint density at radius 3 is 2.46 bits per heavy atom. The summed E-state index contributed by atoms with van der Waals surface area (Å²) < 4.78 is 0. The summed E-state index contributed by atoms with van der Waals surface area (Å²) in [6, 6.07) is 3.71. The van der Waals surface area contributed by atoms with Gasteiger partial charge in [0.2, 0.25) is 5.91 Å². The molecule has 8 heteroatoms. The number of thiophene rings is 1. The molecule has 1 saturated heterocycles. The van der Waals surface area contributed by atoms with E-state index >= 15 is 0 Å². The van der Waals surface area contributed by atoms with Gasteiger partial charge < -0.3 is 20.6 Å². The predicted molar refractivity (Wildman–Crippen MR) is 110 cm³/mol. The van der Waals surface area contributed by atoms with E-state index < -0.39 is 5.97 Å². The molecule has 7 nitrogen and oxygen atoms in total. The lowest BCUT2D eigenvalue weighted by Crippen LogP contribution is -2.51. The molecule has 0 spiro atoms. The summed E-state index contributed by atoms with van der Waals surface area (Å²) in [5, 5.41) is 16.9. The number of carbonyl (C=O) groups is 3. The fraction of sp³-hybridized carbons (Fsp3) is 0.650. The van der Waals surface area contributed by atoms with Crippen LogP contribution >= 0.6 is 11.3 Å². The number of nitrogens with zero attached hydrogens (tertiary/aromatic N) is 1. The second-order valence-corrected chi connectivity index (χ2v) is 9.41. The molecule has 2 rings (SSSR count). The van der Waals surface area contributed by atoms with Gasteiger partial charge in [-0.2, -0.15) is 0 Å². The van der Waals surface area contributed by atoms with Gasteiger partial charge >= 0.3 is 12.0 Å². The van der Waals surface area contributed by atoms with Crippen LogP contribution in [-0.4, -0.2) is 53.1 Å². The van der Waals surface area contributed by atoms with Crippen molar-refractivity contribution in [2.75, 3.05) is 19.6 Å². The van der Waals surface area contributed by atoms with Crippen LogP contribution in [0.2, 0.25) is 0 Å². The molecule has 0 aliphatic carbocycles. The van der Waals surface area contributed by atoms with E-state index in [1.165, 1.54) is 11.3 Å². The first-order valence-corrected chi connectivity index (χ1v) is 10.6. The van der Waals surface area contributed by atoms with Crippen LogP contribution in [-0.2, 0) is 9.59 Å². The number of carbonyl (C=O) groups excluding carboxylic acids is 2. The lowest BCUT2D eigenvalue weighted by Gasteiger charge is -2.34. The largest absolute Gasteiger partial charge is 0.481 e. The van der Waals surface area contributed by atoms with E-state index in [1.807, 2.05) is 43.2 Å². The quantitative estimate of drug-likeness (QED) is 0.645. The standard InChI is InChI=1S/C20H31N3O4S/c1-20(2,3)22-19(27)23-8-6-14(7-9-23)13-21-17(24)11-15(12-18(25)26)16-5-4-10-28-16/h4-5,10,14-15H,6-9,11-13H2,1-3H3,(H,21,24)(H,22,27)(H,25,26). The molecule has 2 heterocycles. The number of likely N-dealkylation sites (tertiary alicyclic amines) is 1. The van der Waals surface area contributed by atoms with E-state index in [0.717, 1.165) is 17.7 Å². The van der Waals surface area contributed by atoms with E-state index in [9.17, 15) is 14.4 Å². The molecule has 28 heavy (non-hydrogen) atoms. The van der Waals surface area contributed by atoms with Crippen molar-refractivity contribution in [3.05, 3.63) is 22.4 Å². The number of aliphatic carboxylic acids is 1. The highest BCUT2D eigenvalue weighted by atomic mass is 32.1. The third-order valence-electron chi connectivity index (χ3n) is 4.77. The Morgan fingerprint density at radius 2 is 1.93 bits per heavy atom. The zero-order valence-corrected chi connectivity index (χ0v) is 17.7. The van der Waals surface area contributed by atoms with Crippen molar-refractivity contribution in [1.82, 2.24) is 15.5 Å². The average Bonchev–Trinajstić information content (AvgIpc) is 3.12. The van der Waals surface area contributed by atoms with Crippen LogP contribution in [0.3, 0.4) is 0 Å². The van der Waals surface area contributed by atoms with Gasteiger partial charge in [0.25, 0.3) is 0 Å². The Hall–Kier alpha value is -2.09. The first-order valence-electron chi connectivity index (χ1n) is 9.73. The molecular formula is C20H31N3O4S. The molecular weight excluding hydrogens is 378 g/mol. The lowest BCUT2D eigenvalue weighted by atomic mass is 9.96. The summed E-state index contributed by atoms with van der Waals surface area (Å²) in [5.74, 6) is -0.970. The Morgan fingerprint density at radius 1 is 1.25 bits per heavy atom. The zero-order chi connectivity index (χ0) is 20.7. The van der Waals surface area contributed by atoms with E-state index in [4.69, 9.17) is 5.11 Å². The first-order chi connectivity index (χ1) is 13.1. The SMILES string of the molecule is CC(C)(C)NC(=O)N1CCC(CNC(=O)CC(CC(=O)O)c2cccs2)CC1.